The zero-order valence-corrected chi connectivity index (χ0v) is 12.7. The molecule has 1 aliphatic heterocycles. The Morgan fingerprint density at radius 3 is 2.90 bits per heavy atom. The van der Waals surface area contributed by atoms with Crippen LogP contribution in [0.1, 0.15) is 31.7 Å². The first kappa shape index (κ1) is 15.3. The fraction of sp³-hybridized carbons (Fsp3) is 0.625. The van der Waals surface area contributed by atoms with Crippen molar-refractivity contribution in [1.29, 1.82) is 0 Å². The number of likely N-dealkylation sites (tertiary alicyclic amines) is 1. The van der Waals surface area contributed by atoms with Crippen LogP contribution in [-0.2, 0) is 6.54 Å². The van der Waals surface area contributed by atoms with Crippen LogP contribution in [0.4, 0.5) is 4.39 Å². The van der Waals surface area contributed by atoms with E-state index in [0.29, 0.717) is 17.8 Å². The molecule has 1 fully saturated rings. The third-order valence-electron chi connectivity index (χ3n) is 4.30. The number of ether oxygens (including phenoxy) is 1. The maximum Gasteiger partial charge on any atom is 0.165 e. The van der Waals surface area contributed by atoms with Crippen LogP contribution in [0.3, 0.4) is 0 Å². The fourth-order valence-corrected chi connectivity index (χ4v) is 3.01. The van der Waals surface area contributed by atoms with Gasteiger partial charge in [0.05, 0.1) is 7.11 Å². The van der Waals surface area contributed by atoms with E-state index in [-0.39, 0.29) is 5.82 Å². The van der Waals surface area contributed by atoms with E-state index in [1.165, 1.54) is 26.4 Å². The Balaban J connectivity index is 2.08. The van der Waals surface area contributed by atoms with Crippen LogP contribution >= 0.6 is 0 Å². The molecule has 0 amide bonds. The van der Waals surface area contributed by atoms with Crippen LogP contribution in [0, 0.1) is 5.82 Å². The fourth-order valence-electron chi connectivity index (χ4n) is 3.01. The molecule has 112 valence electrons. The molecule has 2 unspecified atom stereocenters. The van der Waals surface area contributed by atoms with Gasteiger partial charge in [-0.2, -0.15) is 0 Å². The number of likely N-dealkylation sites (N-methyl/N-ethyl adjacent to an activating group) is 1. The Bertz CT molecular complexity index is 438. The first-order chi connectivity index (χ1) is 9.65. The molecule has 20 heavy (non-hydrogen) atoms. The SMILES string of the molecule is CNC(C)C1CCCCN1Cc1ccc(OC)c(F)c1. The summed E-state index contributed by atoms with van der Waals surface area (Å²) in [5.41, 5.74) is 1.01. The van der Waals surface area contributed by atoms with Gasteiger partial charge in [-0.3, -0.25) is 4.90 Å². The standard InChI is InChI=1S/C16H25FN2O/c1-12(18-2)15-6-4-5-9-19(15)11-13-7-8-16(20-3)14(17)10-13/h7-8,10,12,15,18H,4-6,9,11H2,1-3H3. The third kappa shape index (κ3) is 3.49. The minimum atomic E-state index is -0.278. The molecule has 0 saturated carbocycles. The number of piperidine rings is 1. The van der Waals surface area contributed by atoms with Gasteiger partial charge in [0.25, 0.3) is 0 Å². The van der Waals surface area contributed by atoms with Crippen molar-refractivity contribution in [2.24, 2.45) is 0 Å². The average Bonchev–Trinajstić information content (AvgIpc) is 2.47. The summed E-state index contributed by atoms with van der Waals surface area (Å²) in [6.45, 7) is 4.11. The highest BCUT2D eigenvalue weighted by molar-refractivity contribution is 5.29. The van der Waals surface area contributed by atoms with Crippen molar-refractivity contribution in [3.63, 3.8) is 0 Å². The Hall–Kier alpha value is -1.13. The van der Waals surface area contributed by atoms with Crippen LogP contribution in [0.5, 0.6) is 5.75 Å². The van der Waals surface area contributed by atoms with E-state index in [0.717, 1.165) is 18.7 Å². The van der Waals surface area contributed by atoms with E-state index in [2.05, 4.69) is 17.1 Å². The highest BCUT2D eigenvalue weighted by Crippen LogP contribution is 2.24. The minimum Gasteiger partial charge on any atom is -0.494 e. The summed E-state index contributed by atoms with van der Waals surface area (Å²) in [5.74, 6) is 0.0350. The number of hydrogen-bond acceptors (Lipinski definition) is 3. The summed E-state index contributed by atoms with van der Waals surface area (Å²) in [6.07, 6.45) is 3.72. The molecule has 1 aromatic rings. The summed E-state index contributed by atoms with van der Waals surface area (Å²) in [6, 6.07) is 6.24. The number of halogens is 1. The molecule has 0 spiro atoms. The van der Waals surface area contributed by atoms with Crippen LogP contribution in [-0.4, -0.2) is 37.7 Å². The smallest absolute Gasteiger partial charge is 0.165 e. The molecule has 0 bridgehead atoms. The predicted molar refractivity (Wildman–Crippen MR) is 79.5 cm³/mol. The molecule has 3 nitrogen and oxygen atoms in total. The van der Waals surface area contributed by atoms with Crippen molar-refractivity contribution in [2.45, 2.75) is 44.8 Å². The number of rotatable bonds is 5. The zero-order chi connectivity index (χ0) is 14.5. The monoisotopic (exact) mass is 280 g/mol. The van der Waals surface area contributed by atoms with Gasteiger partial charge < -0.3 is 10.1 Å². The summed E-state index contributed by atoms with van der Waals surface area (Å²) in [5, 5.41) is 3.34. The van der Waals surface area contributed by atoms with E-state index in [9.17, 15) is 4.39 Å². The highest BCUT2D eigenvalue weighted by atomic mass is 19.1. The molecule has 2 rings (SSSR count). The van der Waals surface area contributed by atoms with E-state index >= 15 is 0 Å². The van der Waals surface area contributed by atoms with Crippen molar-refractivity contribution in [2.75, 3.05) is 20.7 Å². The van der Waals surface area contributed by atoms with Crippen molar-refractivity contribution in [3.8, 4) is 5.75 Å². The highest BCUT2D eigenvalue weighted by Gasteiger charge is 2.26. The molecule has 0 radical (unpaired) electrons. The van der Waals surface area contributed by atoms with E-state index in [4.69, 9.17) is 4.74 Å². The first-order valence-electron chi connectivity index (χ1n) is 7.39. The maximum atomic E-state index is 13.8. The number of nitrogens with one attached hydrogen (secondary N) is 1. The molecule has 4 heteroatoms. The molecule has 1 heterocycles. The van der Waals surface area contributed by atoms with E-state index in [1.807, 2.05) is 13.1 Å². The third-order valence-corrected chi connectivity index (χ3v) is 4.30. The second-order valence-corrected chi connectivity index (χ2v) is 5.58. The summed E-state index contributed by atoms with van der Waals surface area (Å²) in [7, 11) is 3.50. The molecule has 2 atom stereocenters. The van der Waals surface area contributed by atoms with Gasteiger partial charge in [-0.25, -0.2) is 4.39 Å². The number of methoxy groups -OCH3 is 1. The molecule has 1 saturated heterocycles. The molecule has 0 aromatic heterocycles. The summed E-state index contributed by atoms with van der Waals surface area (Å²) in [4.78, 5) is 2.46. The molecule has 1 aromatic carbocycles. The molecular formula is C16H25FN2O. The second kappa shape index (κ2) is 7.04. The van der Waals surface area contributed by atoms with E-state index < -0.39 is 0 Å². The topological polar surface area (TPSA) is 24.5 Å². The van der Waals surface area contributed by atoms with Gasteiger partial charge in [0.15, 0.2) is 11.6 Å². The zero-order valence-electron chi connectivity index (χ0n) is 12.7. The Kier molecular flexibility index (Phi) is 5.38. The van der Waals surface area contributed by atoms with Crippen molar-refractivity contribution >= 4 is 0 Å². The number of hydrogen-bond donors (Lipinski definition) is 1. The number of nitrogens with zero attached hydrogens (tertiary/aromatic N) is 1. The molecular weight excluding hydrogens is 255 g/mol. The largest absolute Gasteiger partial charge is 0.494 e. The van der Waals surface area contributed by atoms with Gasteiger partial charge in [-0.05, 0) is 51.1 Å². The van der Waals surface area contributed by atoms with Crippen LogP contribution in [0.15, 0.2) is 18.2 Å². The molecule has 1 N–H and O–H groups in total. The van der Waals surface area contributed by atoms with Gasteiger partial charge >= 0.3 is 0 Å². The lowest BCUT2D eigenvalue weighted by molar-refractivity contribution is 0.114. The average molecular weight is 280 g/mol. The number of benzene rings is 1. The van der Waals surface area contributed by atoms with Crippen molar-refractivity contribution in [1.82, 2.24) is 10.2 Å². The second-order valence-electron chi connectivity index (χ2n) is 5.58. The lowest BCUT2D eigenvalue weighted by Crippen LogP contribution is -2.49. The van der Waals surface area contributed by atoms with Gasteiger partial charge in [-0.15, -0.1) is 0 Å². The Morgan fingerprint density at radius 1 is 1.45 bits per heavy atom. The van der Waals surface area contributed by atoms with Crippen molar-refractivity contribution < 1.29 is 9.13 Å². The van der Waals surface area contributed by atoms with Gasteiger partial charge in [0.1, 0.15) is 0 Å². The Labute approximate surface area is 121 Å². The summed E-state index contributed by atoms with van der Waals surface area (Å²) < 4.78 is 18.7. The normalized spacial score (nSPS) is 21.7. The molecule has 1 aliphatic rings. The molecule has 0 aliphatic carbocycles. The van der Waals surface area contributed by atoms with Gasteiger partial charge in [0, 0.05) is 18.6 Å². The quantitative estimate of drug-likeness (QED) is 0.897. The van der Waals surface area contributed by atoms with Crippen LogP contribution < -0.4 is 10.1 Å². The lowest BCUT2D eigenvalue weighted by atomic mass is 9.96. The van der Waals surface area contributed by atoms with Crippen molar-refractivity contribution in [3.05, 3.63) is 29.6 Å². The van der Waals surface area contributed by atoms with Gasteiger partial charge in [-0.1, -0.05) is 12.5 Å². The minimum absolute atomic E-state index is 0.278. The van der Waals surface area contributed by atoms with E-state index in [1.54, 1.807) is 12.1 Å². The van der Waals surface area contributed by atoms with Gasteiger partial charge in [0.2, 0.25) is 0 Å². The lowest BCUT2D eigenvalue weighted by Gasteiger charge is -2.39. The van der Waals surface area contributed by atoms with Crippen LogP contribution in [0.25, 0.3) is 0 Å². The predicted octanol–water partition coefficient (Wildman–Crippen LogP) is 2.80. The van der Waals surface area contributed by atoms with Crippen LogP contribution in [0.2, 0.25) is 0 Å². The maximum absolute atomic E-state index is 13.8. The summed E-state index contributed by atoms with van der Waals surface area (Å²) >= 11 is 0. The Morgan fingerprint density at radius 2 is 2.25 bits per heavy atom. The first-order valence-corrected chi connectivity index (χ1v) is 7.39.